The molecule has 1 N–H and O–H groups in total. The lowest BCUT2D eigenvalue weighted by Crippen LogP contribution is -2.03. The van der Waals surface area contributed by atoms with Gasteiger partial charge in [0.1, 0.15) is 5.75 Å². The minimum Gasteiger partial charge on any atom is -0.496 e. The fourth-order valence-electron chi connectivity index (χ4n) is 1.60. The normalized spacial score (nSPS) is 12.9. The second-order valence-corrected chi connectivity index (χ2v) is 4.24. The molecule has 0 saturated heterocycles. The molecule has 1 unspecified atom stereocenters. The first kappa shape index (κ1) is 12.1. The van der Waals surface area contributed by atoms with Gasteiger partial charge in [-0.05, 0) is 23.1 Å². The lowest BCUT2D eigenvalue weighted by Gasteiger charge is -2.16. The van der Waals surface area contributed by atoms with E-state index >= 15 is 0 Å². The van der Waals surface area contributed by atoms with Gasteiger partial charge in [-0.25, -0.2) is 0 Å². The molecular formula is C13H20O2. The predicted molar refractivity (Wildman–Crippen MR) is 62.6 cm³/mol. The smallest absolute Gasteiger partial charge is 0.122 e. The Morgan fingerprint density at radius 2 is 1.93 bits per heavy atom. The molecule has 1 aromatic rings. The van der Waals surface area contributed by atoms with Crippen molar-refractivity contribution >= 4 is 0 Å². The van der Waals surface area contributed by atoms with Gasteiger partial charge in [0.25, 0.3) is 0 Å². The molecule has 0 aliphatic heterocycles. The Balaban J connectivity index is 3.13. The lowest BCUT2D eigenvalue weighted by atomic mass is 9.94. The van der Waals surface area contributed by atoms with Gasteiger partial charge in [0.15, 0.2) is 0 Å². The number of benzene rings is 1. The van der Waals surface area contributed by atoms with E-state index in [2.05, 4.69) is 26.0 Å². The first-order valence-corrected chi connectivity index (χ1v) is 5.38. The fraction of sp³-hybridized carbons (Fsp3) is 0.538. The summed E-state index contributed by atoms with van der Waals surface area (Å²) in [6, 6.07) is 6.19. The highest BCUT2D eigenvalue weighted by Gasteiger charge is 2.12. The summed E-state index contributed by atoms with van der Waals surface area (Å²) in [5, 5.41) is 9.18. The summed E-state index contributed by atoms with van der Waals surface area (Å²) in [7, 11) is 1.66. The minimum atomic E-state index is 0.124. The van der Waals surface area contributed by atoms with Crippen molar-refractivity contribution in [2.24, 2.45) is 0 Å². The van der Waals surface area contributed by atoms with Crippen molar-refractivity contribution in [2.75, 3.05) is 13.7 Å². The van der Waals surface area contributed by atoms with Crippen LogP contribution in [0.2, 0.25) is 0 Å². The maximum Gasteiger partial charge on any atom is 0.122 e. The summed E-state index contributed by atoms with van der Waals surface area (Å²) in [6.45, 7) is 6.48. The van der Waals surface area contributed by atoms with Gasteiger partial charge in [-0.15, -0.1) is 0 Å². The Hall–Kier alpha value is -1.02. The maximum atomic E-state index is 9.18. The van der Waals surface area contributed by atoms with Gasteiger partial charge in [0.2, 0.25) is 0 Å². The Kier molecular flexibility index (Phi) is 4.15. The van der Waals surface area contributed by atoms with E-state index < -0.39 is 0 Å². The monoisotopic (exact) mass is 208 g/mol. The average molecular weight is 208 g/mol. The zero-order chi connectivity index (χ0) is 11.4. The first-order chi connectivity index (χ1) is 7.10. The maximum absolute atomic E-state index is 9.18. The van der Waals surface area contributed by atoms with Gasteiger partial charge in [-0.1, -0.05) is 32.9 Å². The van der Waals surface area contributed by atoms with E-state index in [9.17, 15) is 5.11 Å². The molecule has 0 saturated carbocycles. The fourth-order valence-corrected chi connectivity index (χ4v) is 1.60. The summed E-state index contributed by atoms with van der Waals surface area (Å²) in [4.78, 5) is 0. The Labute approximate surface area is 91.9 Å². The van der Waals surface area contributed by atoms with E-state index in [4.69, 9.17) is 4.74 Å². The largest absolute Gasteiger partial charge is 0.496 e. The molecule has 0 spiro atoms. The molecule has 0 aliphatic carbocycles. The van der Waals surface area contributed by atoms with Crippen molar-refractivity contribution in [3.8, 4) is 5.75 Å². The van der Waals surface area contributed by atoms with Crippen LogP contribution in [0.25, 0.3) is 0 Å². The number of hydrogen-bond donors (Lipinski definition) is 1. The second kappa shape index (κ2) is 5.17. The molecule has 0 heterocycles. The van der Waals surface area contributed by atoms with Crippen molar-refractivity contribution in [1.82, 2.24) is 0 Å². The molecule has 0 amide bonds. The van der Waals surface area contributed by atoms with E-state index in [0.29, 0.717) is 5.92 Å². The number of rotatable bonds is 4. The number of ether oxygens (including phenoxy) is 1. The summed E-state index contributed by atoms with van der Waals surface area (Å²) < 4.78 is 5.29. The number of hydrogen-bond acceptors (Lipinski definition) is 2. The Morgan fingerprint density at radius 1 is 1.27 bits per heavy atom. The van der Waals surface area contributed by atoms with Crippen LogP contribution in [0, 0.1) is 0 Å². The molecule has 1 rings (SSSR count). The highest BCUT2D eigenvalue weighted by Crippen LogP contribution is 2.29. The van der Waals surface area contributed by atoms with Gasteiger partial charge in [0, 0.05) is 12.5 Å². The van der Waals surface area contributed by atoms with E-state index in [1.165, 1.54) is 5.56 Å². The van der Waals surface area contributed by atoms with Crippen LogP contribution in [0.1, 0.15) is 43.7 Å². The van der Waals surface area contributed by atoms with Crippen LogP contribution in [0.15, 0.2) is 18.2 Å². The molecule has 2 heteroatoms. The van der Waals surface area contributed by atoms with Gasteiger partial charge >= 0.3 is 0 Å². The van der Waals surface area contributed by atoms with Crippen LogP contribution in [-0.4, -0.2) is 18.8 Å². The molecular weight excluding hydrogens is 188 g/mol. The molecule has 0 fully saturated rings. The highest BCUT2D eigenvalue weighted by molar-refractivity contribution is 5.40. The molecule has 0 radical (unpaired) electrons. The number of aliphatic hydroxyl groups is 1. The molecule has 15 heavy (non-hydrogen) atoms. The van der Waals surface area contributed by atoms with E-state index in [1.807, 2.05) is 13.0 Å². The van der Waals surface area contributed by atoms with Crippen LogP contribution in [0.3, 0.4) is 0 Å². The third-order valence-electron chi connectivity index (χ3n) is 2.73. The zero-order valence-corrected chi connectivity index (χ0v) is 9.95. The molecule has 1 atom stereocenters. The number of aliphatic hydroxyl groups excluding tert-OH is 1. The first-order valence-electron chi connectivity index (χ1n) is 5.38. The molecule has 0 aromatic heterocycles. The van der Waals surface area contributed by atoms with Gasteiger partial charge in [0.05, 0.1) is 7.11 Å². The SMILES string of the molecule is COc1ccc(C(C)C)cc1C(C)CO. The van der Waals surface area contributed by atoms with Crippen LogP contribution in [0.5, 0.6) is 5.75 Å². The van der Waals surface area contributed by atoms with Crippen LogP contribution in [-0.2, 0) is 0 Å². The topological polar surface area (TPSA) is 29.5 Å². The van der Waals surface area contributed by atoms with Crippen LogP contribution >= 0.6 is 0 Å². The van der Waals surface area contributed by atoms with Crippen molar-refractivity contribution in [3.63, 3.8) is 0 Å². The Bertz CT molecular complexity index is 318. The summed E-state index contributed by atoms with van der Waals surface area (Å²) in [5.41, 5.74) is 2.37. The third-order valence-corrected chi connectivity index (χ3v) is 2.73. The lowest BCUT2D eigenvalue weighted by molar-refractivity contribution is 0.269. The van der Waals surface area contributed by atoms with E-state index in [1.54, 1.807) is 7.11 Å². The van der Waals surface area contributed by atoms with Gasteiger partial charge < -0.3 is 9.84 Å². The second-order valence-electron chi connectivity index (χ2n) is 4.24. The van der Waals surface area contributed by atoms with Crippen LogP contribution < -0.4 is 4.74 Å². The third kappa shape index (κ3) is 2.72. The molecule has 1 aromatic carbocycles. The van der Waals surface area contributed by atoms with Gasteiger partial charge in [-0.3, -0.25) is 0 Å². The highest BCUT2D eigenvalue weighted by atomic mass is 16.5. The van der Waals surface area contributed by atoms with Crippen molar-refractivity contribution in [2.45, 2.75) is 32.6 Å². The number of methoxy groups -OCH3 is 1. The summed E-state index contributed by atoms with van der Waals surface area (Å²) >= 11 is 0. The van der Waals surface area contributed by atoms with Crippen molar-refractivity contribution in [1.29, 1.82) is 0 Å². The molecule has 2 nitrogen and oxygen atoms in total. The standard InChI is InChI=1S/C13H20O2/c1-9(2)11-5-6-13(15-4)12(7-11)10(3)8-14/h5-7,9-10,14H,8H2,1-4H3. The molecule has 0 aliphatic rings. The average Bonchev–Trinajstić information content (AvgIpc) is 2.27. The van der Waals surface area contributed by atoms with Crippen molar-refractivity contribution < 1.29 is 9.84 Å². The summed E-state index contributed by atoms with van der Waals surface area (Å²) in [6.07, 6.45) is 0. The molecule has 0 bridgehead atoms. The summed E-state index contributed by atoms with van der Waals surface area (Å²) in [5.74, 6) is 1.49. The van der Waals surface area contributed by atoms with Crippen LogP contribution in [0.4, 0.5) is 0 Å². The zero-order valence-electron chi connectivity index (χ0n) is 9.95. The van der Waals surface area contributed by atoms with E-state index in [-0.39, 0.29) is 12.5 Å². The Morgan fingerprint density at radius 3 is 2.40 bits per heavy atom. The predicted octanol–water partition coefficient (Wildman–Crippen LogP) is 2.91. The van der Waals surface area contributed by atoms with E-state index in [0.717, 1.165) is 11.3 Å². The van der Waals surface area contributed by atoms with Crippen molar-refractivity contribution in [3.05, 3.63) is 29.3 Å². The molecule has 84 valence electrons. The minimum absolute atomic E-state index is 0.124. The van der Waals surface area contributed by atoms with Gasteiger partial charge in [-0.2, -0.15) is 0 Å². The quantitative estimate of drug-likeness (QED) is 0.824.